The first-order valence-corrected chi connectivity index (χ1v) is 11.2. The van der Waals surface area contributed by atoms with Crippen molar-refractivity contribution < 1.29 is 18.7 Å². The van der Waals surface area contributed by atoms with Gasteiger partial charge in [0.1, 0.15) is 11.5 Å². The van der Waals surface area contributed by atoms with E-state index in [9.17, 15) is 14.0 Å². The minimum Gasteiger partial charge on any atom is -0.379 e. The van der Waals surface area contributed by atoms with Crippen LogP contribution in [-0.4, -0.2) is 67.6 Å². The fraction of sp³-hybridized carbons (Fsp3) is 0.360. The number of para-hydroxylation sites is 1. The lowest BCUT2D eigenvalue weighted by molar-refractivity contribution is -0.137. The third-order valence-corrected chi connectivity index (χ3v) is 6.40. The number of nitrogens with zero attached hydrogens (tertiary/aromatic N) is 3. The second kappa shape index (κ2) is 8.84. The Morgan fingerprint density at radius 3 is 2.41 bits per heavy atom. The van der Waals surface area contributed by atoms with Gasteiger partial charge in [-0.15, -0.1) is 0 Å². The van der Waals surface area contributed by atoms with Gasteiger partial charge < -0.3 is 9.64 Å². The molecule has 6 nitrogen and oxygen atoms in total. The zero-order valence-electron chi connectivity index (χ0n) is 17.9. The summed E-state index contributed by atoms with van der Waals surface area (Å²) >= 11 is 0. The van der Waals surface area contributed by atoms with E-state index in [1.165, 1.54) is 17.0 Å². The highest BCUT2D eigenvalue weighted by Crippen LogP contribution is 2.37. The molecule has 1 saturated heterocycles. The van der Waals surface area contributed by atoms with Crippen LogP contribution in [0.3, 0.4) is 0 Å². The van der Waals surface area contributed by atoms with Gasteiger partial charge in [0, 0.05) is 38.4 Å². The summed E-state index contributed by atoms with van der Waals surface area (Å²) in [6, 6.07) is 13.8. The number of morpholine rings is 1. The molecule has 0 unspecified atom stereocenters. The van der Waals surface area contributed by atoms with Gasteiger partial charge in [0.25, 0.3) is 11.8 Å². The molecule has 3 aliphatic heterocycles. The molecule has 2 aromatic rings. The molecule has 1 fully saturated rings. The van der Waals surface area contributed by atoms with E-state index in [1.54, 1.807) is 12.1 Å². The summed E-state index contributed by atoms with van der Waals surface area (Å²) in [5.74, 6) is -0.965. The normalized spacial score (nSPS) is 19.7. The molecule has 7 heteroatoms. The topological polar surface area (TPSA) is 53.1 Å². The quantitative estimate of drug-likeness (QED) is 0.676. The molecule has 2 amide bonds. The van der Waals surface area contributed by atoms with Crippen molar-refractivity contribution in [3.05, 3.63) is 71.2 Å². The second-order valence-electron chi connectivity index (χ2n) is 8.33. The Hall–Kier alpha value is -3.03. The van der Waals surface area contributed by atoms with Crippen LogP contribution in [0.2, 0.25) is 0 Å². The average molecular weight is 435 g/mol. The Kier molecular flexibility index (Phi) is 5.76. The van der Waals surface area contributed by atoms with Crippen LogP contribution in [0.25, 0.3) is 5.57 Å². The molecule has 0 N–H and O–H groups in total. The Bertz CT molecular complexity index is 1060. The number of aryl methyl sites for hydroxylation is 1. The molecule has 3 heterocycles. The van der Waals surface area contributed by atoms with Crippen molar-refractivity contribution in [1.29, 1.82) is 0 Å². The van der Waals surface area contributed by atoms with Crippen LogP contribution >= 0.6 is 0 Å². The number of fused-ring (bicyclic) bond motifs is 1. The highest BCUT2D eigenvalue weighted by atomic mass is 19.1. The molecular weight excluding hydrogens is 409 g/mol. The molecular formula is C25H26FN3O3. The van der Waals surface area contributed by atoms with Gasteiger partial charge in [-0.3, -0.25) is 19.4 Å². The first kappa shape index (κ1) is 20.8. The van der Waals surface area contributed by atoms with Crippen molar-refractivity contribution in [3.63, 3.8) is 0 Å². The van der Waals surface area contributed by atoms with E-state index in [0.29, 0.717) is 49.7 Å². The lowest BCUT2D eigenvalue weighted by atomic mass is 9.98. The van der Waals surface area contributed by atoms with E-state index < -0.39 is 0 Å². The monoisotopic (exact) mass is 435 g/mol. The second-order valence-corrected chi connectivity index (χ2v) is 8.33. The number of anilines is 1. The van der Waals surface area contributed by atoms with Gasteiger partial charge in [-0.05, 0) is 42.2 Å². The summed E-state index contributed by atoms with van der Waals surface area (Å²) in [6.45, 7) is 4.51. The Balaban J connectivity index is 1.51. The number of imide groups is 1. The fourth-order valence-electron chi connectivity index (χ4n) is 4.73. The molecule has 0 aromatic heterocycles. The van der Waals surface area contributed by atoms with Crippen molar-refractivity contribution >= 4 is 23.1 Å². The number of amides is 2. The number of carbonyl (C=O) groups excluding carboxylic acids is 2. The fourth-order valence-corrected chi connectivity index (χ4v) is 4.73. The number of carbonyl (C=O) groups is 2. The molecule has 166 valence electrons. The number of rotatable bonds is 5. The summed E-state index contributed by atoms with van der Waals surface area (Å²) in [5.41, 5.74) is 3.45. The largest absolute Gasteiger partial charge is 0.379 e. The zero-order chi connectivity index (χ0) is 22.1. The van der Waals surface area contributed by atoms with Crippen molar-refractivity contribution in [3.8, 4) is 0 Å². The molecule has 0 saturated carbocycles. The van der Waals surface area contributed by atoms with Gasteiger partial charge in [-0.25, -0.2) is 4.39 Å². The zero-order valence-corrected chi connectivity index (χ0v) is 17.9. The summed E-state index contributed by atoms with van der Waals surface area (Å²) in [5, 5.41) is 0. The van der Waals surface area contributed by atoms with E-state index in [-0.39, 0.29) is 17.6 Å². The Labute approximate surface area is 186 Å². The van der Waals surface area contributed by atoms with Crippen LogP contribution in [0, 0.1) is 5.82 Å². The number of hydrogen-bond acceptors (Lipinski definition) is 5. The van der Waals surface area contributed by atoms with Gasteiger partial charge in [0.15, 0.2) is 0 Å². The molecule has 0 spiro atoms. The van der Waals surface area contributed by atoms with E-state index in [4.69, 9.17) is 4.74 Å². The van der Waals surface area contributed by atoms with Crippen LogP contribution in [-0.2, 0) is 20.7 Å². The maximum absolute atomic E-state index is 13.6. The van der Waals surface area contributed by atoms with Gasteiger partial charge in [-0.1, -0.05) is 30.3 Å². The highest BCUT2D eigenvalue weighted by Gasteiger charge is 2.42. The Morgan fingerprint density at radius 1 is 0.875 bits per heavy atom. The maximum Gasteiger partial charge on any atom is 0.278 e. The third kappa shape index (κ3) is 3.82. The van der Waals surface area contributed by atoms with Crippen molar-refractivity contribution in [1.82, 2.24) is 9.80 Å². The third-order valence-electron chi connectivity index (χ3n) is 6.40. The molecule has 0 radical (unpaired) electrons. The highest BCUT2D eigenvalue weighted by molar-refractivity contribution is 6.36. The average Bonchev–Trinajstić information content (AvgIpc) is 3.08. The van der Waals surface area contributed by atoms with Crippen LogP contribution in [0.4, 0.5) is 10.1 Å². The van der Waals surface area contributed by atoms with Crippen LogP contribution in [0.15, 0.2) is 54.2 Å². The van der Waals surface area contributed by atoms with E-state index in [1.807, 2.05) is 23.1 Å². The number of halogens is 1. The summed E-state index contributed by atoms with van der Waals surface area (Å²) in [4.78, 5) is 32.7. The molecule has 5 rings (SSSR count). The van der Waals surface area contributed by atoms with Crippen LogP contribution in [0.1, 0.15) is 17.5 Å². The summed E-state index contributed by atoms with van der Waals surface area (Å²) in [7, 11) is 0. The molecule has 3 aliphatic rings. The van der Waals surface area contributed by atoms with Crippen molar-refractivity contribution in [2.75, 3.05) is 50.8 Å². The van der Waals surface area contributed by atoms with E-state index in [0.717, 1.165) is 37.2 Å². The smallest absolute Gasteiger partial charge is 0.278 e. The number of hydrogen-bond donors (Lipinski definition) is 0. The van der Waals surface area contributed by atoms with E-state index >= 15 is 0 Å². The van der Waals surface area contributed by atoms with E-state index in [2.05, 4.69) is 11.0 Å². The maximum atomic E-state index is 13.6. The Morgan fingerprint density at radius 2 is 1.62 bits per heavy atom. The lowest BCUT2D eigenvalue weighted by Gasteiger charge is -2.32. The predicted molar refractivity (Wildman–Crippen MR) is 119 cm³/mol. The van der Waals surface area contributed by atoms with Gasteiger partial charge >= 0.3 is 0 Å². The number of ether oxygens (including phenoxy) is 1. The first-order valence-electron chi connectivity index (χ1n) is 11.2. The number of benzene rings is 2. The van der Waals surface area contributed by atoms with Gasteiger partial charge in [-0.2, -0.15) is 0 Å². The molecule has 0 aliphatic carbocycles. The first-order chi connectivity index (χ1) is 15.6. The molecule has 32 heavy (non-hydrogen) atoms. The lowest BCUT2D eigenvalue weighted by Crippen LogP contribution is -2.44. The minimum atomic E-state index is -0.375. The van der Waals surface area contributed by atoms with Crippen molar-refractivity contribution in [2.24, 2.45) is 0 Å². The SMILES string of the molecule is O=C1C(c2ccc(F)cc2)=C(N2CCCc3ccccc32)C(=O)N1CCN1CCOCC1. The van der Waals surface area contributed by atoms with Crippen LogP contribution < -0.4 is 4.90 Å². The summed E-state index contributed by atoms with van der Waals surface area (Å²) in [6.07, 6.45) is 1.83. The van der Waals surface area contributed by atoms with Crippen LogP contribution in [0.5, 0.6) is 0 Å². The van der Waals surface area contributed by atoms with Gasteiger partial charge in [0.2, 0.25) is 0 Å². The predicted octanol–water partition coefficient (Wildman–Crippen LogP) is 2.69. The van der Waals surface area contributed by atoms with Gasteiger partial charge in [0.05, 0.1) is 18.8 Å². The molecule has 0 atom stereocenters. The molecule has 0 bridgehead atoms. The van der Waals surface area contributed by atoms with Crippen molar-refractivity contribution in [2.45, 2.75) is 12.8 Å². The molecule has 2 aromatic carbocycles. The standard InChI is InChI=1S/C25H26FN3O3/c26-20-9-7-19(8-10-20)22-23(28-11-3-5-18-4-1-2-6-21(18)28)25(31)29(24(22)30)13-12-27-14-16-32-17-15-27/h1-2,4,6-10H,3,5,11-17H2. The minimum absolute atomic E-state index is 0.278. The summed E-state index contributed by atoms with van der Waals surface area (Å²) < 4.78 is 19.0.